The van der Waals surface area contributed by atoms with Gasteiger partial charge in [-0.15, -0.1) is 0 Å². The smallest absolute Gasteiger partial charge is 0.222 e. The Morgan fingerprint density at radius 3 is 2.72 bits per heavy atom. The molecule has 2 atom stereocenters. The van der Waals surface area contributed by atoms with Crippen molar-refractivity contribution in [3.05, 3.63) is 47.2 Å². The fourth-order valence-electron chi connectivity index (χ4n) is 2.59. The minimum atomic E-state index is -2.13. The van der Waals surface area contributed by atoms with Crippen LogP contribution in [0.3, 0.4) is 0 Å². The number of benzene rings is 1. The van der Waals surface area contributed by atoms with E-state index in [1.807, 2.05) is 30.3 Å². The Balaban J connectivity index is 2.17. The predicted octanol–water partition coefficient (Wildman–Crippen LogP) is 2.28. The van der Waals surface area contributed by atoms with E-state index in [0.29, 0.717) is 17.7 Å². The zero-order valence-corrected chi connectivity index (χ0v) is 9.80. The van der Waals surface area contributed by atoms with Crippen LogP contribution in [-0.2, 0) is 0 Å². The van der Waals surface area contributed by atoms with Crippen molar-refractivity contribution in [2.45, 2.75) is 25.1 Å². The first-order chi connectivity index (χ1) is 9.88. The molecule has 3 rings (SSSR count). The van der Waals surface area contributed by atoms with E-state index in [9.17, 15) is 0 Å². The molecule has 0 bridgehead atoms. The Labute approximate surface area is 110 Å². The first-order valence-corrected chi connectivity index (χ1v) is 5.85. The minimum absolute atomic E-state index is 0.0818. The first kappa shape index (κ1) is 8.08. The van der Waals surface area contributed by atoms with Gasteiger partial charge in [0.2, 0.25) is 5.95 Å². The highest BCUT2D eigenvalue weighted by molar-refractivity contribution is 5.54. The number of anilines is 2. The second kappa shape index (κ2) is 3.98. The molecule has 0 fully saturated rings. The highest BCUT2D eigenvalue weighted by Crippen LogP contribution is 2.45. The average molecular weight is 243 g/mol. The van der Waals surface area contributed by atoms with Crippen molar-refractivity contribution < 1.29 is 4.11 Å². The minimum Gasteiger partial charge on any atom is -0.383 e. The van der Waals surface area contributed by atoms with Crippen molar-refractivity contribution in [3.8, 4) is 0 Å². The van der Waals surface area contributed by atoms with Crippen LogP contribution in [0.25, 0.3) is 0 Å². The molecule has 2 unspecified atom stereocenters. The molecule has 4 N–H and O–H groups in total. The molecule has 92 valence electrons. The van der Waals surface area contributed by atoms with E-state index in [0.717, 1.165) is 5.56 Å². The van der Waals surface area contributed by atoms with Crippen LogP contribution in [0, 0.1) is 0 Å². The lowest BCUT2D eigenvalue weighted by atomic mass is 9.95. The molecule has 0 radical (unpaired) electrons. The SMILES string of the molecule is [2H]C([2H])([2H])C1CC(c2ccccc2)c2nc(N)nc(N)c21. The largest absolute Gasteiger partial charge is 0.383 e. The second-order valence-electron chi connectivity index (χ2n) is 4.52. The number of nitrogen functional groups attached to an aromatic ring is 2. The maximum absolute atomic E-state index is 7.75. The molecule has 1 aromatic carbocycles. The van der Waals surface area contributed by atoms with E-state index in [1.165, 1.54) is 0 Å². The number of hydrogen-bond donors (Lipinski definition) is 2. The first-order valence-electron chi connectivity index (χ1n) is 7.35. The van der Waals surface area contributed by atoms with Crippen LogP contribution in [0.15, 0.2) is 30.3 Å². The van der Waals surface area contributed by atoms with Gasteiger partial charge in [0.05, 0.1) is 5.69 Å². The maximum Gasteiger partial charge on any atom is 0.222 e. The zero-order valence-electron chi connectivity index (χ0n) is 12.8. The zero-order chi connectivity index (χ0) is 15.2. The molecule has 18 heavy (non-hydrogen) atoms. The number of aromatic nitrogens is 2. The molecule has 1 aliphatic carbocycles. The van der Waals surface area contributed by atoms with Gasteiger partial charge in [0.15, 0.2) is 0 Å². The number of hydrogen-bond acceptors (Lipinski definition) is 4. The monoisotopic (exact) mass is 243 g/mol. The Morgan fingerprint density at radius 2 is 2.00 bits per heavy atom. The number of nitrogens with zero attached hydrogens (tertiary/aromatic N) is 2. The normalized spacial score (nSPS) is 25.0. The molecular weight excluding hydrogens is 224 g/mol. The van der Waals surface area contributed by atoms with Gasteiger partial charge >= 0.3 is 0 Å². The van der Waals surface area contributed by atoms with E-state index < -0.39 is 12.8 Å². The Bertz CT molecular complexity index is 670. The van der Waals surface area contributed by atoms with Crippen LogP contribution in [0.5, 0.6) is 0 Å². The Kier molecular flexibility index (Phi) is 1.79. The molecule has 4 nitrogen and oxygen atoms in total. The number of fused-ring (bicyclic) bond motifs is 1. The summed E-state index contributed by atoms with van der Waals surface area (Å²) in [6, 6.07) is 9.69. The fourth-order valence-corrected chi connectivity index (χ4v) is 2.59. The standard InChI is InChI=1S/C14H16N4/c1-8-7-10(9-5-3-2-4-6-9)12-11(8)13(15)18-14(16)17-12/h2-6,8,10H,7H2,1H3,(H4,15,16,17,18)/i1D3. The van der Waals surface area contributed by atoms with E-state index in [2.05, 4.69) is 9.97 Å². The molecule has 1 aromatic heterocycles. The summed E-state index contributed by atoms with van der Waals surface area (Å²) in [4.78, 5) is 8.20. The summed E-state index contributed by atoms with van der Waals surface area (Å²) in [5.74, 6) is -0.507. The molecule has 0 spiro atoms. The average Bonchev–Trinajstić information content (AvgIpc) is 2.79. The van der Waals surface area contributed by atoms with Gasteiger partial charge in [0.1, 0.15) is 5.82 Å². The third-order valence-electron chi connectivity index (χ3n) is 3.37. The van der Waals surface area contributed by atoms with Crippen molar-refractivity contribution in [2.75, 3.05) is 11.5 Å². The fraction of sp³-hybridized carbons (Fsp3) is 0.286. The molecule has 1 heterocycles. The Hall–Kier alpha value is -2.10. The van der Waals surface area contributed by atoms with E-state index in [1.54, 1.807) is 0 Å². The molecule has 0 saturated carbocycles. The van der Waals surface area contributed by atoms with Gasteiger partial charge in [-0.2, -0.15) is 4.98 Å². The maximum atomic E-state index is 7.75. The van der Waals surface area contributed by atoms with Gasteiger partial charge < -0.3 is 11.5 Å². The van der Waals surface area contributed by atoms with Crippen molar-refractivity contribution in [2.24, 2.45) is 0 Å². The lowest BCUT2D eigenvalue weighted by Gasteiger charge is -2.11. The molecule has 0 saturated heterocycles. The summed E-state index contributed by atoms with van der Waals surface area (Å²) < 4.78 is 23.3. The number of rotatable bonds is 1. The van der Waals surface area contributed by atoms with Gasteiger partial charge in [-0.05, 0) is 17.9 Å². The molecule has 4 heteroatoms. The quantitative estimate of drug-likeness (QED) is 0.805. The summed E-state index contributed by atoms with van der Waals surface area (Å²) in [5.41, 5.74) is 13.8. The third-order valence-corrected chi connectivity index (χ3v) is 3.37. The van der Waals surface area contributed by atoms with Gasteiger partial charge in [0, 0.05) is 15.6 Å². The van der Waals surface area contributed by atoms with Crippen molar-refractivity contribution in [1.29, 1.82) is 0 Å². The van der Waals surface area contributed by atoms with Gasteiger partial charge in [-0.3, -0.25) is 0 Å². The van der Waals surface area contributed by atoms with E-state index >= 15 is 0 Å². The van der Waals surface area contributed by atoms with Crippen LogP contribution in [0.2, 0.25) is 0 Å². The highest BCUT2D eigenvalue weighted by Gasteiger charge is 2.33. The summed E-state index contributed by atoms with van der Waals surface area (Å²) in [6.07, 6.45) is 0.443. The van der Waals surface area contributed by atoms with E-state index in [-0.39, 0.29) is 17.7 Å². The summed E-state index contributed by atoms with van der Waals surface area (Å²) in [7, 11) is 0. The van der Waals surface area contributed by atoms with Crippen LogP contribution in [0.4, 0.5) is 11.8 Å². The molecule has 1 aliphatic rings. The van der Waals surface area contributed by atoms with Crippen LogP contribution < -0.4 is 11.5 Å². The summed E-state index contributed by atoms with van der Waals surface area (Å²) in [6.45, 7) is -2.13. The highest BCUT2D eigenvalue weighted by atomic mass is 15.0. The lowest BCUT2D eigenvalue weighted by molar-refractivity contribution is 0.682. The predicted molar refractivity (Wildman–Crippen MR) is 72.2 cm³/mol. The third kappa shape index (κ3) is 1.61. The molecule has 0 amide bonds. The van der Waals surface area contributed by atoms with E-state index in [4.69, 9.17) is 15.6 Å². The van der Waals surface area contributed by atoms with Crippen LogP contribution in [0.1, 0.15) is 46.0 Å². The van der Waals surface area contributed by atoms with Crippen LogP contribution in [-0.4, -0.2) is 9.97 Å². The lowest BCUT2D eigenvalue weighted by Crippen LogP contribution is -2.07. The molecule has 2 aromatic rings. The van der Waals surface area contributed by atoms with Gasteiger partial charge in [-0.1, -0.05) is 37.2 Å². The van der Waals surface area contributed by atoms with Crippen molar-refractivity contribution in [1.82, 2.24) is 9.97 Å². The second-order valence-corrected chi connectivity index (χ2v) is 4.52. The van der Waals surface area contributed by atoms with Gasteiger partial charge in [-0.25, -0.2) is 4.98 Å². The molecular formula is C14H16N4. The van der Waals surface area contributed by atoms with Crippen LogP contribution >= 0.6 is 0 Å². The molecule has 0 aliphatic heterocycles. The topological polar surface area (TPSA) is 77.8 Å². The van der Waals surface area contributed by atoms with Crippen molar-refractivity contribution in [3.63, 3.8) is 0 Å². The Morgan fingerprint density at radius 1 is 1.22 bits per heavy atom. The number of nitrogens with two attached hydrogens (primary N) is 2. The van der Waals surface area contributed by atoms with Gasteiger partial charge in [0.25, 0.3) is 0 Å². The summed E-state index contributed by atoms with van der Waals surface area (Å²) >= 11 is 0. The van der Waals surface area contributed by atoms with Crippen molar-refractivity contribution >= 4 is 11.8 Å². The summed E-state index contributed by atoms with van der Waals surface area (Å²) in [5, 5.41) is 0.